The third kappa shape index (κ3) is 11.7. The molecule has 0 bridgehead atoms. The van der Waals surface area contributed by atoms with E-state index in [0.717, 1.165) is 163 Å². The maximum Gasteiger partial charge on any atom is 0.323 e. The number of hydrogen-bond acceptors (Lipinski definition) is 11. The highest BCUT2D eigenvalue weighted by atomic mass is 16.6. The van der Waals surface area contributed by atoms with Crippen LogP contribution < -0.4 is 5.56 Å². The molecule has 1 atom stereocenters. The number of rotatable bonds is 22. The maximum atomic E-state index is 15.5. The highest BCUT2D eigenvalue weighted by molar-refractivity contribution is 5.97. The average Bonchev–Trinajstić information content (AvgIpc) is 4.57. The first kappa shape index (κ1) is 55.7. The van der Waals surface area contributed by atoms with E-state index in [1.54, 1.807) is 20.3 Å². The summed E-state index contributed by atoms with van der Waals surface area (Å²) in [4.78, 5) is 97.4. The Bertz CT molecular complexity index is 2890. The second-order valence-corrected chi connectivity index (χ2v) is 24.5. The number of carbonyl (C=O) groups excluding carboxylic acids is 5. The number of nitrogens with zero attached hydrogens (tertiary/aromatic N) is 8. The van der Waals surface area contributed by atoms with Gasteiger partial charge in [0.15, 0.2) is 13.5 Å². The highest BCUT2D eigenvalue weighted by Crippen LogP contribution is 2.53. The Balaban J connectivity index is 0.930. The molecule has 3 aliphatic heterocycles. The molecule has 2 aromatic heterocycles. The fraction of sp³-hybridized carbons (Fsp3) is 0.661. The summed E-state index contributed by atoms with van der Waals surface area (Å²) in [5, 5.41) is 6.34. The van der Waals surface area contributed by atoms with Crippen molar-refractivity contribution in [3.8, 4) is 0 Å². The molecule has 3 saturated heterocycles. The Hall–Kier alpha value is -5.61. The van der Waals surface area contributed by atoms with Gasteiger partial charge in [0.05, 0.1) is 33.5 Å². The molecule has 16 heteroatoms. The number of amides is 3. The number of piperazine rings is 1. The first-order chi connectivity index (χ1) is 37.7. The lowest BCUT2D eigenvalue weighted by Crippen LogP contribution is -2.60. The van der Waals surface area contributed by atoms with Crippen molar-refractivity contribution in [3.05, 3.63) is 75.7 Å². The van der Waals surface area contributed by atoms with E-state index in [9.17, 15) is 19.2 Å². The smallest absolute Gasteiger partial charge is 0.323 e. The van der Waals surface area contributed by atoms with Gasteiger partial charge in [-0.25, -0.2) is 4.79 Å². The fourth-order valence-corrected chi connectivity index (χ4v) is 13.2. The van der Waals surface area contributed by atoms with Gasteiger partial charge in [0, 0.05) is 62.7 Å². The molecule has 6 fully saturated rings. The monoisotopic (exact) mass is 1070 g/mol. The van der Waals surface area contributed by atoms with E-state index in [2.05, 4.69) is 42.7 Å². The zero-order valence-electron chi connectivity index (χ0n) is 47.4. The van der Waals surface area contributed by atoms with E-state index >= 15 is 9.59 Å². The van der Waals surface area contributed by atoms with Crippen LogP contribution >= 0.6 is 0 Å². The van der Waals surface area contributed by atoms with Crippen molar-refractivity contribution < 1.29 is 33.4 Å². The number of aryl methyl sites for hydroxylation is 1. The first-order valence-electron chi connectivity index (χ1n) is 30.0. The topological polar surface area (TPSA) is 160 Å². The molecule has 16 nitrogen and oxygen atoms in total. The van der Waals surface area contributed by atoms with Gasteiger partial charge in [-0.05, 0) is 151 Å². The molecule has 0 N–H and O–H groups in total. The Morgan fingerprint density at radius 3 is 1.92 bits per heavy atom. The van der Waals surface area contributed by atoms with Crippen LogP contribution in [0.2, 0.25) is 0 Å². The quantitative estimate of drug-likeness (QED) is 0.0545. The molecule has 2 aromatic carbocycles. The molecule has 78 heavy (non-hydrogen) atoms. The maximum absolute atomic E-state index is 15.5. The number of ether oxygens (including phenoxy) is 2. The summed E-state index contributed by atoms with van der Waals surface area (Å²) in [7, 11) is 2.17. The number of fused-ring (bicyclic) bond motifs is 2. The van der Waals surface area contributed by atoms with Crippen LogP contribution in [0.5, 0.6) is 0 Å². The van der Waals surface area contributed by atoms with Crippen LogP contribution in [-0.2, 0) is 37.0 Å². The number of para-hydroxylation sites is 1. The lowest BCUT2D eigenvalue weighted by atomic mass is 9.89. The summed E-state index contributed by atoms with van der Waals surface area (Å²) in [5.41, 5.74) is 2.18. The van der Waals surface area contributed by atoms with Gasteiger partial charge >= 0.3 is 18.0 Å². The normalized spacial score (nSPS) is 20.6. The zero-order valence-corrected chi connectivity index (χ0v) is 47.4. The van der Waals surface area contributed by atoms with Gasteiger partial charge in [0.1, 0.15) is 6.04 Å². The number of likely N-dealkylation sites (tertiary alicyclic amines) is 2. The Labute approximate surface area is 461 Å². The number of pyridine rings is 1. The number of esters is 2. The van der Waals surface area contributed by atoms with Gasteiger partial charge in [0.25, 0.3) is 11.5 Å². The largest absolute Gasteiger partial charge is 0.444 e. The number of carbonyl (C=O) groups is 5. The lowest BCUT2D eigenvalue weighted by molar-refractivity contribution is -0.158. The van der Waals surface area contributed by atoms with Crippen molar-refractivity contribution in [1.29, 1.82) is 0 Å². The molecule has 5 heterocycles. The third-order valence-corrected chi connectivity index (χ3v) is 19.1. The van der Waals surface area contributed by atoms with E-state index in [4.69, 9.17) is 9.47 Å². The van der Waals surface area contributed by atoms with Gasteiger partial charge < -0.3 is 24.2 Å². The Kier molecular flexibility index (Phi) is 16.9. The van der Waals surface area contributed by atoms with Crippen molar-refractivity contribution in [3.63, 3.8) is 0 Å². The molecule has 6 aliphatic rings. The van der Waals surface area contributed by atoms with Crippen molar-refractivity contribution >= 4 is 51.6 Å². The Morgan fingerprint density at radius 1 is 0.705 bits per heavy atom. The van der Waals surface area contributed by atoms with Crippen LogP contribution in [-0.4, -0.2) is 147 Å². The van der Waals surface area contributed by atoms with Crippen LogP contribution in [0.3, 0.4) is 0 Å². The van der Waals surface area contributed by atoms with Crippen LogP contribution in [0.4, 0.5) is 4.79 Å². The van der Waals surface area contributed by atoms with E-state index in [1.807, 2.05) is 54.3 Å². The van der Waals surface area contributed by atoms with Gasteiger partial charge in [-0.1, -0.05) is 83.6 Å². The number of unbranched alkanes of at least 4 members (excludes halogenated alkanes) is 3. The molecule has 10 rings (SSSR count). The van der Waals surface area contributed by atoms with E-state index < -0.39 is 16.9 Å². The zero-order chi connectivity index (χ0) is 54.8. The highest BCUT2D eigenvalue weighted by Gasteiger charge is 2.53. The molecular weight excluding hydrogens is 985 g/mol. The molecule has 3 aliphatic carbocycles. The van der Waals surface area contributed by atoms with Gasteiger partial charge in [0.2, 0.25) is 5.91 Å². The van der Waals surface area contributed by atoms with E-state index in [0.29, 0.717) is 56.1 Å². The van der Waals surface area contributed by atoms with Gasteiger partial charge in [-0.2, -0.15) is 9.78 Å². The molecule has 422 valence electrons. The summed E-state index contributed by atoms with van der Waals surface area (Å²) in [6.07, 6.45) is 18.1. The number of hydrogen-bond donors (Lipinski definition) is 0. The molecule has 0 spiro atoms. The third-order valence-electron chi connectivity index (χ3n) is 19.1. The van der Waals surface area contributed by atoms with E-state index in [1.165, 1.54) is 4.90 Å². The minimum Gasteiger partial charge on any atom is -0.444 e. The molecule has 0 unspecified atom stereocenters. The molecule has 4 aromatic rings. The molecular formula is C62H86N8O8. The predicted octanol–water partition coefficient (Wildman–Crippen LogP) is 9.66. The standard InChI is InChI=1S/C62H86N8O8/c1-6-9-20-60(23-24-60)56(73)70-53-44(4)37-45(38-48(53)41-63-70)39-52(55(72)66-35-33-65(34-36-66)49-18-29-64(5)30-19-49)69(43-78-58(75)62(27-28-62)22-11-8-3)59(76)67-31-16-46(17-32-67)50-40-47-14-12-13-15-51(47)68(54(50)71)42-77-57(74)61(25-26-61)21-10-7-2/h12-15,37-38,40-41,46,49,52H,6-11,16-36,39,42-43H2,1-5H3/t52-/m1/s1. The first-order valence-corrected chi connectivity index (χ1v) is 30.0. The molecule has 0 radical (unpaired) electrons. The summed E-state index contributed by atoms with van der Waals surface area (Å²) in [6.45, 7) is 13.0. The fourth-order valence-electron chi connectivity index (χ4n) is 13.2. The SMILES string of the molecule is CCCCC1(C(=O)OCN(C(=O)N2CCC(c3cc4ccccc4n(COC(=O)C4(CCCC)CC4)c3=O)CC2)[C@H](Cc2cc(C)c3c(cnn3C(=O)C3(CCCC)CC3)c2)C(=O)N2CCN(C3CCN(C)CC3)CC2)CC1. The summed E-state index contributed by atoms with van der Waals surface area (Å²) >= 11 is 0. The minimum absolute atomic E-state index is 0.0419. The van der Waals surface area contributed by atoms with Crippen LogP contribution in [0.15, 0.2) is 53.5 Å². The summed E-state index contributed by atoms with van der Waals surface area (Å²) in [5.74, 6) is -0.884. The Morgan fingerprint density at radius 2 is 1.31 bits per heavy atom. The second kappa shape index (κ2) is 23.6. The van der Waals surface area contributed by atoms with E-state index in [-0.39, 0.29) is 66.6 Å². The van der Waals surface area contributed by atoms with Crippen LogP contribution in [0.1, 0.15) is 170 Å². The van der Waals surface area contributed by atoms with Gasteiger partial charge in [-0.15, -0.1) is 0 Å². The summed E-state index contributed by atoms with van der Waals surface area (Å²) in [6, 6.07) is 12.7. The van der Waals surface area contributed by atoms with Crippen LogP contribution in [0.25, 0.3) is 21.8 Å². The molecule has 3 amide bonds. The van der Waals surface area contributed by atoms with Crippen molar-refractivity contribution in [1.82, 2.24) is 38.8 Å². The number of aromatic nitrogens is 3. The van der Waals surface area contributed by atoms with Gasteiger partial charge in [-0.3, -0.25) is 38.3 Å². The minimum atomic E-state index is -1.02. The van der Waals surface area contributed by atoms with Crippen molar-refractivity contribution in [2.45, 2.75) is 181 Å². The second-order valence-electron chi connectivity index (χ2n) is 24.5. The van der Waals surface area contributed by atoms with Crippen molar-refractivity contribution in [2.75, 3.05) is 66.1 Å². The average molecular weight is 1070 g/mol. The number of piperidine rings is 2. The predicted molar refractivity (Wildman–Crippen MR) is 301 cm³/mol. The molecule has 3 saturated carbocycles. The van der Waals surface area contributed by atoms with Crippen LogP contribution in [0, 0.1) is 23.2 Å². The lowest BCUT2D eigenvalue weighted by Gasteiger charge is -2.44. The number of urea groups is 1. The van der Waals surface area contributed by atoms with Crippen molar-refractivity contribution in [2.24, 2.45) is 16.2 Å². The number of benzene rings is 2. The summed E-state index contributed by atoms with van der Waals surface area (Å²) < 4.78 is 15.4.